The molecule has 0 bridgehead atoms. The van der Waals surface area contributed by atoms with Crippen molar-refractivity contribution in [2.24, 2.45) is 5.41 Å². The molecule has 1 unspecified atom stereocenters. The molecular weight excluding hydrogens is 232 g/mol. The maximum Gasteiger partial charge on any atom is 0.0728 e. The predicted molar refractivity (Wildman–Crippen MR) is 67.6 cm³/mol. The van der Waals surface area contributed by atoms with Gasteiger partial charge in [-0.2, -0.15) is 5.26 Å². The highest BCUT2D eigenvalue weighted by molar-refractivity contribution is 6.30. The third-order valence-electron chi connectivity index (χ3n) is 4.08. The Kier molecular flexibility index (Phi) is 2.61. The number of benzene rings is 1. The number of hydrogen-bond donors (Lipinski definition) is 1. The van der Waals surface area contributed by atoms with Crippen LogP contribution in [0, 0.1) is 16.7 Å². The van der Waals surface area contributed by atoms with E-state index in [4.69, 9.17) is 11.6 Å². The largest absolute Gasteiger partial charge is 0.306 e. The Morgan fingerprint density at radius 1 is 1.35 bits per heavy atom. The van der Waals surface area contributed by atoms with E-state index in [0.717, 1.165) is 30.7 Å². The minimum atomic E-state index is -0.0622. The standard InChI is InChI=1S/C14H15ClN2/c15-11-3-1-2-10(8-11)12-4-5-13(17-12)14(9-16)6-7-14/h1-3,8,12-13,17H,4-7H2/t12-,13?/m0/s1. The summed E-state index contributed by atoms with van der Waals surface area (Å²) in [6.07, 6.45) is 4.33. The second kappa shape index (κ2) is 4.01. The van der Waals surface area contributed by atoms with Crippen molar-refractivity contribution in [1.29, 1.82) is 5.26 Å². The van der Waals surface area contributed by atoms with E-state index in [1.54, 1.807) is 0 Å². The molecule has 2 atom stereocenters. The molecule has 0 aromatic heterocycles. The predicted octanol–water partition coefficient (Wildman–Crippen LogP) is 3.44. The van der Waals surface area contributed by atoms with E-state index < -0.39 is 0 Å². The van der Waals surface area contributed by atoms with Crippen molar-refractivity contribution in [2.75, 3.05) is 0 Å². The fourth-order valence-corrected chi connectivity index (χ4v) is 3.04. The maximum absolute atomic E-state index is 9.21. The van der Waals surface area contributed by atoms with Crippen LogP contribution in [0.1, 0.15) is 37.3 Å². The van der Waals surface area contributed by atoms with E-state index in [2.05, 4.69) is 17.5 Å². The normalized spacial score (nSPS) is 29.9. The van der Waals surface area contributed by atoms with E-state index in [9.17, 15) is 5.26 Å². The molecule has 3 heteroatoms. The summed E-state index contributed by atoms with van der Waals surface area (Å²) in [7, 11) is 0. The lowest BCUT2D eigenvalue weighted by Gasteiger charge is -2.18. The molecule has 1 aliphatic heterocycles. The lowest BCUT2D eigenvalue weighted by atomic mass is 9.97. The molecule has 88 valence electrons. The van der Waals surface area contributed by atoms with Gasteiger partial charge in [0, 0.05) is 17.1 Å². The van der Waals surface area contributed by atoms with Gasteiger partial charge in [0.25, 0.3) is 0 Å². The third-order valence-corrected chi connectivity index (χ3v) is 4.31. The summed E-state index contributed by atoms with van der Waals surface area (Å²) in [6, 6.07) is 11.2. The van der Waals surface area contributed by atoms with Gasteiger partial charge in [-0.05, 0) is 43.4 Å². The van der Waals surface area contributed by atoms with E-state index in [-0.39, 0.29) is 5.41 Å². The fraction of sp³-hybridized carbons (Fsp3) is 0.500. The van der Waals surface area contributed by atoms with Gasteiger partial charge in [-0.15, -0.1) is 0 Å². The smallest absolute Gasteiger partial charge is 0.0728 e. The second-order valence-corrected chi connectivity index (χ2v) is 5.61. The van der Waals surface area contributed by atoms with Crippen molar-refractivity contribution in [3.05, 3.63) is 34.9 Å². The van der Waals surface area contributed by atoms with Crippen LogP contribution < -0.4 is 5.32 Å². The van der Waals surface area contributed by atoms with Crippen LogP contribution in [0.4, 0.5) is 0 Å². The van der Waals surface area contributed by atoms with Crippen LogP contribution in [0.5, 0.6) is 0 Å². The molecule has 1 aliphatic carbocycles. The molecule has 1 aromatic rings. The average Bonchev–Trinajstić information content (AvgIpc) is 2.99. The molecule has 1 saturated heterocycles. The third kappa shape index (κ3) is 1.94. The van der Waals surface area contributed by atoms with Crippen molar-refractivity contribution < 1.29 is 0 Å². The van der Waals surface area contributed by atoms with Gasteiger partial charge in [0.1, 0.15) is 0 Å². The minimum absolute atomic E-state index is 0.0622. The van der Waals surface area contributed by atoms with Crippen molar-refractivity contribution in [3.63, 3.8) is 0 Å². The zero-order valence-electron chi connectivity index (χ0n) is 9.62. The van der Waals surface area contributed by atoms with Crippen molar-refractivity contribution in [3.8, 4) is 6.07 Å². The van der Waals surface area contributed by atoms with Crippen LogP contribution in [0.15, 0.2) is 24.3 Å². The van der Waals surface area contributed by atoms with Gasteiger partial charge in [0.15, 0.2) is 0 Å². The number of halogens is 1. The van der Waals surface area contributed by atoms with Gasteiger partial charge in [0.2, 0.25) is 0 Å². The Balaban J connectivity index is 1.75. The summed E-state index contributed by atoms with van der Waals surface area (Å²) in [5.74, 6) is 0. The van der Waals surface area contributed by atoms with Gasteiger partial charge in [0.05, 0.1) is 11.5 Å². The van der Waals surface area contributed by atoms with Crippen molar-refractivity contribution in [2.45, 2.75) is 37.8 Å². The number of nitriles is 1. The van der Waals surface area contributed by atoms with E-state index in [0.29, 0.717) is 12.1 Å². The molecule has 0 amide bonds. The molecule has 3 rings (SSSR count). The van der Waals surface area contributed by atoms with E-state index in [1.165, 1.54) is 5.56 Å². The van der Waals surface area contributed by atoms with Gasteiger partial charge < -0.3 is 5.32 Å². The first-order valence-corrected chi connectivity index (χ1v) is 6.54. The Hall–Kier alpha value is -1.04. The molecule has 2 aliphatic rings. The van der Waals surface area contributed by atoms with Crippen LogP contribution in [0.25, 0.3) is 0 Å². The minimum Gasteiger partial charge on any atom is -0.306 e. The summed E-state index contributed by atoms with van der Waals surface area (Å²) < 4.78 is 0. The first-order chi connectivity index (χ1) is 8.23. The molecule has 2 fully saturated rings. The monoisotopic (exact) mass is 246 g/mol. The van der Waals surface area contributed by atoms with Crippen LogP contribution in [-0.4, -0.2) is 6.04 Å². The summed E-state index contributed by atoms with van der Waals surface area (Å²) >= 11 is 6.01. The van der Waals surface area contributed by atoms with Crippen LogP contribution in [-0.2, 0) is 0 Å². The molecule has 1 aromatic carbocycles. The fourth-order valence-electron chi connectivity index (χ4n) is 2.84. The lowest BCUT2D eigenvalue weighted by Crippen LogP contribution is -2.32. The molecule has 0 spiro atoms. The second-order valence-electron chi connectivity index (χ2n) is 5.17. The number of hydrogen-bond acceptors (Lipinski definition) is 2. The van der Waals surface area contributed by atoms with Crippen molar-refractivity contribution >= 4 is 11.6 Å². The first-order valence-electron chi connectivity index (χ1n) is 6.16. The Morgan fingerprint density at radius 2 is 2.18 bits per heavy atom. The molecule has 17 heavy (non-hydrogen) atoms. The Labute approximate surface area is 107 Å². The molecule has 2 nitrogen and oxygen atoms in total. The number of nitrogens with one attached hydrogen (secondary N) is 1. The highest BCUT2D eigenvalue weighted by Crippen LogP contribution is 2.52. The van der Waals surface area contributed by atoms with Gasteiger partial charge in [-0.25, -0.2) is 0 Å². The average molecular weight is 247 g/mol. The summed E-state index contributed by atoms with van der Waals surface area (Å²) in [5, 5.41) is 13.6. The lowest BCUT2D eigenvalue weighted by molar-refractivity contribution is 0.433. The Morgan fingerprint density at radius 3 is 2.82 bits per heavy atom. The van der Waals surface area contributed by atoms with Crippen LogP contribution in [0.2, 0.25) is 5.02 Å². The Bertz CT molecular complexity index is 473. The number of rotatable bonds is 2. The highest BCUT2D eigenvalue weighted by atomic mass is 35.5. The molecular formula is C14H15ClN2. The molecule has 1 saturated carbocycles. The SMILES string of the molecule is N#CC1(C2CC[C@@H](c3cccc(Cl)c3)N2)CC1. The summed E-state index contributed by atoms with van der Waals surface area (Å²) in [6.45, 7) is 0. The van der Waals surface area contributed by atoms with Gasteiger partial charge >= 0.3 is 0 Å². The van der Waals surface area contributed by atoms with Crippen molar-refractivity contribution in [1.82, 2.24) is 5.32 Å². The quantitative estimate of drug-likeness (QED) is 0.868. The van der Waals surface area contributed by atoms with E-state index in [1.807, 2.05) is 18.2 Å². The van der Waals surface area contributed by atoms with E-state index >= 15 is 0 Å². The molecule has 1 N–H and O–H groups in total. The van der Waals surface area contributed by atoms with Gasteiger partial charge in [-0.3, -0.25) is 0 Å². The summed E-state index contributed by atoms with van der Waals surface area (Å²) in [4.78, 5) is 0. The van der Waals surface area contributed by atoms with Crippen LogP contribution >= 0.6 is 11.6 Å². The van der Waals surface area contributed by atoms with Crippen LogP contribution in [0.3, 0.4) is 0 Å². The number of nitrogens with zero attached hydrogens (tertiary/aromatic N) is 1. The summed E-state index contributed by atoms with van der Waals surface area (Å²) in [5.41, 5.74) is 1.18. The molecule has 0 radical (unpaired) electrons. The maximum atomic E-state index is 9.21. The zero-order valence-corrected chi connectivity index (χ0v) is 10.4. The van der Waals surface area contributed by atoms with Gasteiger partial charge in [-0.1, -0.05) is 23.7 Å². The molecule has 1 heterocycles. The highest BCUT2D eigenvalue weighted by Gasteiger charge is 2.52. The topological polar surface area (TPSA) is 35.8 Å². The first kappa shape index (κ1) is 11.1. The zero-order chi connectivity index (χ0) is 11.9.